The number of Topliss-reactive ketones (excluding diaryl/α,β-unsaturated/α-hetero) is 2. The molecule has 1 N–H and O–H groups in total. The van der Waals surface area contributed by atoms with Crippen molar-refractivity contribution in [2.75, 3.05) is 26.2 Å². The molecule has 4 rings (SSSR count). The Kier molecular flexibility index (Phi) is 4.73. The number of halogens is 2. The molecule has 4 nitrogen and oxygen atoms in total. The number of carbonyl (C=O) groups is 2. The lowest BCUT2D eigenvalue weighted by Gasteiger charge is -2.41. The van der Waals surface area contributed by atoms with Gasteiger partial charge in [-0.25, -0.2) is 4.39 Å². The second kappa shape index (κ2) is 6.67. The molecule has 2 aromatic rings. The minimum Gasteiger partial charge on any atom is -0.314 e. The zero-order valence-electron chi connectivity index (χ0n) is 13.5. The standard InChI is InChI=1S/C19H17FN2O2.ClH/c20-15-8-4-7-14-16(15)18(24)19(17(14)23,13-5-2-1-3-6-13)22-11-9-21-10-12-22;/h1-8,21H,9-12H2;1H. The molecule has 0 amide bonds. The van der Waals surface area contributed by atoms with Crippen molar-refractivity contribution in [2.45, 2.75) is 5.54 Å². The summed E-state index contributed by atoms with van der Waals surface area (Å²) in [6, 6.07) is 13.3. The van der Waals surface area contributed by atoms with Crippen LogP contribution in [0.5, 0.6) is 0 Å². The number of ketones is 2. The number of hydrogen-bond acceptors (Lipinski definition) is 4. The molecule has 6 heteroatoms. The van der Waals surface area contributed by atoms with Gasteiger partial charge in [-0.1, -0.05) is 42.5 Å². The van der Waals surface area contributed by atoms with Crippen LogP contribution in [0.2, 0.25) is 0 Å². The first-order chi connectivity index (χ1) is 11.7. The van der Waals surface area contributed by atoms with E-state index < -0.39 is 17.1 Å². The third-order valence-corrected chi connectivity index (χ3v) is 4.93. The summed E-state index contributed by atoms with van der Waals surface area (Å²) in [6.07, 6.45) is 0. The van der Waals surface area contributed by atoms with Gasteiger partial charge in [0.05, 0.1) is 5.56 Å². The Morgan fingerprint density at radius 2 is 1.60 bits per heavy atom. The van der Waals surface area contributed by atoms with E-state index in [1.807, 2.05) is 11.0 Å². The van der Waals surface area contributed by atoms with Gasteiger partial charge in [0.1, 0.15) is 5.82 Å². The molecular formula is C19H18ClFN2O2. The molecular weight excluding hydrogens is 343 g/mol. The second-order valence-electron chi connectivity index (χ2n) is 6.13. The van der Waals surface area contributed by atoms with E-state index in [4.69, 9.17) is 0 Å². The Hall–Kier alpha value is -2.08. The molecule has 1 saturated heterocycles. The number of benzene rings is 2. The lowest BCUT2D eigenvalue weighted by molar-refractivity contribution is 0.0442. The van der Waals surface area contributed by atoms with E-state index in [1.54, 1.807) is 30.3 Å². The highest BCUT2D eigenvalue weighted by molar-refractivity contribution is 6.33. The smallest absolute Gasteiger partial charge is 0.199 e. The van der Waals surface area contributed by atoms with Gasteiger partial charge in [-0.05, 0) is 11.6 Å². The first-order valence-electron chi connectivity index (χ1n) is 8.07. The number of nitrogens with one attached hydrogen (secondary N) is 1. The Morgan fingerprint density at radius 1 is 0.920 bits per heavy atom. The van der Waals surface area contributed by atoms with E-state index in [-0.39, 0.29) is 29.3 Å². The zero-order chi connectivity index (χ0) is 16.7. The summed E-state index contributed by atoms with van der Waals surface area (Å²) in [5, 5.41) is 3.23. The zero-order valence-corrected chi connectivity index (χ0v) is 14.3. The fourth-order valence-corrected chi connectivity index (χ4v) is 3.83. The molecule has 1 atom stereocenters. The molecule has 0 spiro atoms. The van der Waals surface area contributed by atoms with Gasteiger partial charge in [-0.15, -0.1) is 12.4 Å². The first-order valence-corrected chi connectivity index (χ1v) is 8.07. The van der Waals surface area contributed by atoms with Crippen LogP contribution in [0.25, 0.3) is 0 Å². The fraction of sp³-hybridized carbons (Fsp3) is 0.263. The lowest BCUT2D eigenvalue weighted by atomic mass is 9.82. The maximum atomic E-state index is 14.3. The maximum Gasteiger partial charge on any atom is 0.199 e. The molecule has 0 radical (unpaired) electrons. The van der Waals surface area contributed by atoms with Crippen molar-refractivity contribution in [3.8, 4) is 0 Å². The monoisotopic (exact) mass is 360 g/mol. The molecule has 0 bridgehead atoms. The lowest BCUT2D eigenvalue weighted by Crippen LogP contribution is -2.59. The van der Waals surface area contributed by atoms with E-state index in [2.05, 4.69) is 5.32 Å². The van der Waals surface area contributed by atoms with Crippen LogP contribution >= 0.6 is 12.4 Å². The highest BCUT2D eigenvalue weighted by Crippen LogP contribution is 2.43. The molecule has 1 heterocycles. The van der Waals surface area contributed by atoms with Gasteiger partial charge in [-0.3, -0.25) is 14.5 Å². The molecule has 1 unspecified atom stereocenters. The Balaban J connectivity index is 0.00000182. The average Bonchev–Trinajstić information content (AvgIpc) is 2.86. The molecule has 2 aliphatic rings. The van der Waals surface area contributed by atoms with E-state index in [0.717, 1.165) is 0 Å². The van der Waals surface area contributed by atoms with Crippen molar-refractivity contribution in [3.63, 3.8) is 0 Å². The third kappa shape index (κ3) is 2.42. The van der Waals surface area contributed by atoms with Crippen LogP contribution in [0.1, 0.15) is 26.3 Å². The fourth-order valence-electron chi connectivity index (χ4n) is 3.83. The molecule has 0 saturated carbocycles. The number of carbonyl (C=O) groups excluding carboxylic acids is 2. The summed E-state index contributed by atoms with van der Waals surface area (Å²) in [7, 11) is 0. The number of rotatable bonds is 2. The largest absolute Gasteiger partial charge is 0.314 e. The van der Waals surface area contributed by atoms with Gasteiger partial charge < -0.3 is 5.32 Å². The topological polar surface area (TPSA) is 49.4 Å². The number of hydrogen-bond donors (Lipinski definition) is 1. The van der Waals surface area contributed by atoms with Crippen molar-refractivity contribution in [2.24, 2.45) is 0 Å². The van der Waals surface area contributed by atoms with Crippen molar-refractivity contribution >= 4 is 24.0 Å². The highest BCUT2D eigenvalue weighted by Gasteiger charge is 2.58. The van der Waals surface area contributed by atoms with Crippen molar-refractivity contribution in [1.29, 1.82) is 0 Å². The molecule has 0 aromatic heterocycles. The predicted octanol–water partition coefficient (Wildman–Crippen LogP) is 2.43. The van der Waals surface area contributed by atoms with E-state index >= 15 is 0 Å². The SMILES string of the molecule is Cl.O=C1c2cccc(F)c2C(=O)C1(c1ccccc1)N1CCNCC1. The Morgan fingerprint density at radius 3 is 2.24 bits per heavy atom. The van der Waals surface area contributed by atoms with Gasteiger partial charge in [0.25, 0.3) is 0 Å². The summed E-state index contributed by atoms with van der Waals surface area (Å²) in [4.78, 5) is 28.6. The Labute approximate surface area is 151 Å². The third-order valence-electron chi connectivity index (χ3n) is 4.93. The maximum absolute atomic E-state index is 14.3. The van der Waals surface area contributed by atoms with Crippen LogP contribution in [0.3, 0.4) is 0 Å². The summed E-state index contributed by atoms with van der Waals surface area (Å²) in [5.74, 6) is -1.40. The molecule has 130 valence electrons. The van der Waals surface area contributed by atoms with Crippen LogP contribution in [0.15, 0.2) is 48.5 Å². The minimum atomic E-state index is -1.45. The Bertz CT molecular complexity index is 821. The molecule has 1 fully saturated rings. The molecule has 1 aliphatic heterocycles. The van der Waals surface area contributed by atoms with Crippen molar-refractivity contribution < 1.29 is 14.0 Å². The van der Waals surface area contributed by atoms with Crippen LogP contribution in [0, 0.1) is 5.82 Å². The highest BCUT2D eigenvalue weighted by atomic mass is 35.5. The summed E-state index contributed by atoms with van der Waals surface area (Å²) >= 11 is 0. The van der Waals surface area contributed by atoms with Crippen LogP contribution in [-0.4, -0.2) is 42.6 Å². The number of nitrogens with zero attached hydrogens (tertiary/aromatic N) is 1. The van der Waals surface area contributed by atoms with E-state index in [1.165, 1.54) is 12.1 Å². The van der Waals surface area contributed by atoms with E-state index in [0.29, 0.717) is 31.7 Å². The second-order valence-corrected chi connectivity index (χ2v) is 6.13. The van der Waals surface area contributed by atoms with Gasteiger partial charge in [0.2, 0.25) is 0 Å². The molecule has 1 aliphatic carbocycles. The summed E-state index contributed by atoms with van der Waals surface area (Å²) in [6.45, 7) is 2.49. The number of fused-ring (bicyclic) bond motifs is 1. The molecule has 25 heavy (non-hydrogen) atoms. The quantitative estimate of drug-likeness (QED) is 0.836. The van der Waals surface area contributed by atoms with Crippen molar-refractivity contribution in [3.05, 3.63) is 71.0 Å². The van der Waals surface area contributed by atoms with E-state index in [9.17, 15) is 14.0 Å². The summed E-state index contributed by atoms with van der Waals surface area (Å²) < 4.78 is 14.3. The van der Waals surface area contributed by atoms with Crippen LogP contribution in [0.4, 0.5) is 4.39 Å². The predicted molar refractivity (Wildman–Crippen MR) is 94.9 cm³/mol. The van der Waals surface area contributed by atoms with Crippen LogP contribution in [-0.2, 0) is 5.54 Å². The normalized spacial score (nSPS) is 23.2. The first kappa shape index (κ1) is 17.7. The van der Waals surface area contributed by atoms with Crippen molar-refractivity contribution in [1.82, 2.24) is 10.2 Å². The van der Waals surface area contributed by atoms with Gasteiger partial charge in [-0.2, -0.15) is 0 Å². The van der Waals surface area contributed by atoms with Gasteiger partial charge >= 0.3 is 0 Å². The molecule has 2 aromatic carbocycles. The van der Waals surface area contributed by atoms with Gasteiger partial charge in [0, 0.05) is 31.7 Å². The number of piperazine rings is 1. The minimum absolute atomic E-state index is 0. The van der Waals surface area contributed by atoms with Gasteiger partial charge in [0.15, 0.2) is 17.1 Å². The van der Waals surface area contributed by atoms with Crippen LogP contribution < -0.4 is 5.32 Å². The summed E-state index contributed by atoms with van der Waals surface area (Å²) in [5.41, 5.74) is -0.738. The average molecular weight is 361 g/mol.